The molecule has 0 radical (unpaired) electrons. The summed E-state index contributed by atoms with van der Waals surface area (Å²) in [6.07, 6.45) is 0.327. The van der Waals surface area contributed by atoms with Gasteiger partial charge in [0.2, 0.25) is 0 Å². The Morgan fingerprint density at radius 3 is 1.70 bits per heavy atom. The van der Waals surface area contributed by atoms with Gasteiger partial charge in [-0.25, -0.2) is 0 Å². The van der Waals surface area contributed by atoms with Gasteiger partial charge in [0, 0.05) is 0 Å². The van der Waals surface area contributed by atoms with Gasteiger partial charge in [0.1, 0.15) is 0 Å². The van der Waals surface area contributed by atoms with Gasteiger partial charge in [-0.1, -0.05) is 11.1 Å². The average molecular weight is 376 g/mol. The number of hydrogen-bond acceptors (Lipinski definition) is 8. The molecule has 0 aromatic carbocycles. The van der Waals surface area contributed by atoms with Crippen molar-refractivity contribution in [3.05, 3.63) is 11.1 Å². The number of ether oxygens (including phenoxy) is 4. The zero-order chi connectivity index (χ0) is 19.1. The van der Waals surface area contributed by atoms with Gasteiger partial charge >= 0.3 is 23.9 Å². The van der Waals surface area contributed by atoms with Gasteiger partial charge < -0.3 is 18.9 Å². The molecule has 2 saturated heterocycles. The van der Waals surface area contributed by atoms with Crippen LogP contribution >= 0.6 is 0 Å². The fourth-order valence-electron chi connectivity index (χ4n) is 6.45. The van der Waals surface area contributed by atoms with Crippen LogP contribution < -0.4 is 0 Å². The summed E-state index contributed by atoms with van der Waals surface area (Å²) in [7, 11) is 2.49. The Bertz CT molecular complexity index is 747. The molecule has 6 aliphatic rings. The van der Waals surface area contributed by atoms with Crippen LogP contribution in [0.3, 0.4) is 0 Å². The van der Waals surface area contributed by atoms with Crippen LogP contribution in [0.4, 0.5) is 0 Å². The first-order valence-corrected chi connectivity index (χ1v) is 9.16. The predicted molar refractivity (Wildman–Crippen MR) is 85.6 cm³/mol. The van der Waals surface area contributed by atoms with Crippen molar-refractivity contribution < 1.29 is 38.1 Å². The van der Waals surface area contributed by atoms with Crippen LogP contribution in [-0.2, 0) is 38.1 Å². The molecule has 2 bridgehead atoms. The van der Waals surface area contributed by atoms with Gasteiger partial charge in [-0.15, -0.1) is 0 Å². The van der Waals surface area contributed by atoms with Crippen LogP contribution in [-0.4, -0.2) is 51.3 Å². The SMILES string of the molecule is COC(=O)C1(C(=O)OC)CC2=C(C1)[C@H]1[C@H]3COC[C@H]3[C@@H]2[C@H]2C(=O)OC(=O)[C@H]21. The van der Waals surface area contributed by atoms with Gasteiger partial charge in [-0.2, -0.15) is 0 Å². The molecule has 27 heavy (non-hydrogen) atoms. The van der Waals surface area contributed by atoms with Crippen LogP contribution in [0.15, 0.2) is 11.1 Å². The fraction of sp³-hybridized carbons (Fsp3) is 0.684. The zero-order valence-electron chi connectivity index (χ0n) is 15.1. The number of methoxy groups -OCH3 is 2. The standard InChI is InChI=1S/C19H20O8/c1-24-17(22)19(18(23)25-2)3-7-8(4-19)12-10-6-26-5-9(10)11(7)13-14(12)16(21)27-15(13)20/h9-14H,3-6H2,1-2H3/t9-,10+,11-,12+,13-,14+. The summed E-state index contributed by atoms with van der Waals surface area (Å²) < 4.78 is 20.5. The second-order valence-corrected chi connectivity index (χ2v) is 8.18. The summed E-state index contributed by atoms with van der Waals surface area (Å²) in [5.74, 6) is -3.64. The second kappa shape index (κ2) is 5.41. The van der Waals surface area contributed by atoms with Crippen molar-refractivity contribution in [2.24, 2.45) is 40.9 Å². The molecule has 0 amide bonds. The van der Waals surface area contributed by atoms with Crippen LogP contribution in [0.2, 0.25) is 0 Å². The number of carbonyl (C=O) groups excluding carboxylic acids is 4. The number of rotatable bonds is 2. The molecule has 0 unspecified atom stereocenters. The van der Waals surface area contributed by atoms with Gasteiger partial charge in [-0.05, 0) is 36.5 Å². The van der Waals surface area contributed by atoms with E-state index in [0.29, 0.717) is 13.2 Å². The van der Waals surface area contributed by atoms with Crippen LogP contribution in [0.25, 0.3) is 0 Å². The highest BCUT2D eigenvalue weighted by Crippen LogP contribution is 2.67. The first-order chi connectivity index (χ1) is 12.9. The van der Waals surface area contributed by atoms with Gasteiger partial charge in [-0.3, -0.25) is 19.2 Å². The third-order valence-electron chi connectivity index (χ3n) is 7.35. The number of esters is 4. The maximum atomic E-state index is 12.6. The molecule has 0 N–H and O–H groups in total. The van der Waals surface area contributed by atoms with Crippen molar-refractivity contribution in [1.82, 2.24) is 0 Å². The highest BCUT2D eigenvalue weighted by molar-refractivity contribution is 6.02. The predicted octanol–water partition coefficient (Wildman–Crippen LogP) is 0.247. The molecule has 8 heteroatoms. The Morgan fingerprint density at radius 1 is 0.852 bits per heavy atom. The van der Waals surface area contributed by atoms with Crippen LogP contribution in [0.1, 0.15) is 12.8 Å². The highest BCUT2D eigenvalue weighted by Gasteiger charge is 2.70. The topological polar surface area (TPSA) is 105 Å². The molecule has 8 nitrogen and oxygen atoms in total. The maximum Gasteiger partial charge on any atom is 0.323 e. The average Bonchev–Trinajstić information content (AvgIpc) is 3.37. The van der Waals surface area contributed by atoms with E-state index in [0.717, 1.165) is 11.1 Å². The molecule has 1 saturated carbocycles. The van der Waals surface area contributed by atoms with Crippen molar-refractivity contribution in [2.45, 2.75) is 12.8 Å². The molecule has 6 rings (SSSR count). The van der Waals surface area contributed by atoms with E-state index in [9.17, 15) is 19.2 Å². The van der Waals surface area contributed by atoms with Crippen LogP contribution in [0, 0.1) is 40.9 Å². The van der Waals surface area contributed by atoms with E-state index in [1.807, 2.05) is 0 Å². The summed E-state index contributed by atoms with van der Waals surface area (Å²) >= 11 is 0. The summed E-state index contributed by atoms with van der Waals surface area (Å²) in [5.41, 5.74) is 0.418. The van der Waals surface area contributed by atoms with Crippen molar-refractivity contribution in [1.29, 1.82) is 0 Å². The summed E-state index contributed by atoms with van der Waals surface area (Å²) in [6.45, 7) is 1.02. The molecule has 0 aromatic rings. The first-order valence-electron chi connectivity index (χ1n) is 9.16. The lowest BCUT2D eigenvalue weighted by Gasteiger charge is -2.50. The monoisotopic (exact) mass is 376 g/mol. The Balaban J connectivity index is 1.63. The number of cyclic esters (lactones) is 2. The quantitative estimate of drug-likeness (QED) is 0.292. The Labute approximate surface area is 155 Å². The lowest BCUT2D eigenvalue weighted by atomic mass is 9.50. The third-order valence-corrected chi connectivity index (χ3v) is 7.35. The highest BCUT2D eigenvalue weighted by atomic mass is 16.6. The Kier molecular flexibility index (Phi) is 3.39. The van der Waals surface area contributed by atoms with E-state index < -0.39 is 41.1 Å². The largest absolute Gasteiger partial charge is 0.468 e. The molecular formula is C19H20O8. The van der Waals surface area contributed by atoms with Gasteiger partial charge in [0.25, 0.3) is 0 Å². The van der Waals surface area contributed by atoms with E-state index in [-0.39, 0.29) is 36.5 Å². The van der Waals surface area contributed by atoms with E-state index in [1.165, 1.54) is 14.2 Å². The number of hydrogen-bond donors (Lipinski definition) is 0. The molecule has 144 valence electrons. The van der Waals surface area contributed by atoms with E-state index >= 15 is 0 Å². The van der Waals surface area contributed by atoms with E-state index in [4.69, 9.17) is 18.9 Å². The minimum Gasteiger partial charge on any atom is -0.468 e. The lowest BCUT2D eigenvalue weighted by molar-refractivity contribution is -0.168. The summed E-state index contributed by atoms with van der Waals surface area (Å²) in [5, 5.41) is 0. The minimum absolute atomic E-state index is 0.0968. The minimum atomic E-state index is -1.43. The molecule has 4 aliphatic carbocycles. The summed E-state index contributed by atoms with van der Waals surface area (Å²) in [6, 6.07) is 0. The summed E-state index contributed by atoms with van der Waals surface area (Å²) in [4.78, 5) is 50.1. The third kappa shape index (κ3) is 1.86. The molecule has 2 aliphatic heterocycles. The molecular weight excluding hydrogens is 356 g/mol. The molecule has 0 spiro atoms. The van der Waals surface area contributed by atoms with Crippen molar-refractivity contribution in [3.63, 3.8) is 0 Å². The van der Waals surface area contributed by atoms with E-state index in [1.54, 1.807) is 0 Å². The molecule has 2 heterocycles. The molecule has 6 atom stereocenters. The van der Waals surface area contributed by atoms with Gasteiger partial charge in [0.05, 0.1) is 39.3 Å². The Hall–Kier alpha value is -2.22. The van der Waals surface area contributed by atoms with Crippen molar-refractivity contribution in [2.75, 3.05) is 27.4 Å². The first kappa shape index (κ1) is 16.9. The molecule has 3 fully saturated rings. The van der Waals surface area contributed by atoms with E-state index in [2.05, 4.69) is 0 Å². The smallest absolute Gasteiger partial charge is 0.323 e. The number of allylic oxidation sites excluding steroid dienone is 2. The maximum absolute atomic E-state index is 12.6. The Morgan fingerprint density at radius 2 is 1.30 bits per heavy atom. The van der Waals surface area contributed by atoms with Gasteiger partial charge in [0.15, 0.2) is 5.41 Å². The fourth-order valence-corrected chi connectivity index (χ4v) is 6.45. The molecule has 0 aromatic heterocycles. The zero-order valence-corrected chi connectivity index (χ0v) is 15.1. The lowest BCUT2D eigenvalue weighted by Crippen LogP contribution is -2.52. The second-order valence-electron chi connectivity index (χ2n) is 8.18. The normalized spacial score (nSPS) is 40.4. The van der Waals surface area contributed by atoms with Crippen LogP contribution in [0.5, 0.6) is 0 Å². The van der Waals surface area contributed by atoms with Crippen molar-refractivity contribution in [3.8, 4) is 0 Å². The van der Waals surface area contributed by atoms with Crippen molar-refractivity contribution >= 4 is 23.9 Å². The number of carbonyl (C=O) groups is 4.